The fourth-order valence-corrected chi connectivity index (χ4v) is 4.66. The number of carbonyl (C=O) groups is 2. The van der Waals surface area contributed by atoms with Crippen molar-refractivity contribution < 1.29 is 28.9 Å². The summed E-state index contributed by atoms with van der Waals surface area (Å²) in [6.07, 6.45) is 3.46. The van der Waals surface area contributed by atoms with Crippen molar-refractivity contribution in [2.24, 2.45) is 0 Å². The topological polar surface area (TPSA) is 98.2 Å². The second kappa shape index (κ2) is 11.3. The maximum Gasteiger partial charge on any atom is 0.301 e. The van der Waals surface area contributed by atoms with Crippen molar-refractivity contribution in [3.63, 3.8) is 0 Å². The summed E-state index contributed by atoms with van der Waals surface area (Å²) in [4.78, 5) is 32.1. The molecule has 0 aliphatic carbocycles. The molecule has 1 amide bonds. The van der Waals surface area contributed by atoms with Gasteiger partial charge < -0.3 is 19.3 Å². The van der Waals surface area contributed by atoms with E-state index in [1.807, 2.05) is 6.92 Å². The molecule has 1 fully saturated rings. The molecule has 1 aliphatic rings. The van der Waals surface area contributed by atoms with Crippen molar-refractivity contribution in [2.45, 2.75) is 32.7 Å². The second-order valence-corrected chi connectivity index (χ2v) is 8.93. The maximum absolute atomic E-state index is 13.3. The molecule has 1 atom stereocenters. The molecule has 1 unspecified atom stereocenters. The van der Waals surface area contributed by atoms with Crippen LogP contribution in [0.25, 0.3) is 5.76 Å². The highest BCUT2D eigenvalue weighted by Gasteiger charge is 2.48. The zero-order valence-electron chi connectivity index (χ0n) is 20.4. The molecule has 0 spiro atoms. The van der Waals surface area contributed by atoms with E-state index in [1.54, 1.807) is 61.2 Å². The van der Waals surface area contributed by atoms with E-state index in [4.69, 9.17) is 14.2 Å². The molecule has 188 valence electrons. The summed E-state index contributed by atoms with van der Waals surface area (Å²) in [6.45, 7) is 4.91. The lowest BCUT2D eigenvalue weighted by Gasteiger charge is -2.24. The van der Waals surface area contributed by atoms with E-state index in [9.17, 15) is 14.7 Å². The quantitative estimate of drug-likeness (QED) is 0.170. The Bertz CT molecular complexity index is 1250. The predicted octanol–water partition coefficient (Wildman–Crippen LogP) is 5.36. The Kier molecular flexibility index (Phi) is 7.90. The van der Waals surface area contributed by atoms with Crippen LogP contribution in [0.15, 0.2) is 59.6 Å². The van der Waals surface area contributed by atoms with E-state index in [0.29, 0.717) is 46.7 Å². The van der Waals surface area contributed by atoms with Gasteiger partial charge in [0.1, 0.15) is 11.5 Å². The molecule has 4 rings (SSSR count). The number of rotatable bonds is 10. The van der Waals surface area contributed by atoms with Gasteiger partial charge in [0.2, 0.25) is 0 Å². The number of anilines is 1. The number of aliphatic hydroxyl groups is 1. The molecule has 1 saturated heterocycles. The van der Waals surface area contributed by atoms with Gasteiger partial charge in [-0.05, 0) is 55.3 Å². The lowest BCUT2D eigenvalue weighted by molar-refractivity contribution is -0.132. The molecular weight excluding hydrogens is 480 g/mol. The van der Waals surface area contributed by atoms with E-state index in [0.717, 1.165) is 12.8 Å². The summed E-state index contributed by atoms with van der Waals surface area (Å²) in [5, 5.41) is 13.3. The van der Waals surface area contributed by atoms with Crippen LogP contribution in [0.4, 0.5) is 5.13 Å². The zero-order chi connectivity index (χ0) is 25.7. The lowest BCUT2D eigenvalue weighted by atomic mass is 9.95. The third-order valence-corrected chi connectivity index (χ3v) is 6.54. The minimum absolute atomic E-state index is 0.0255. The number of nitrogens with zero attached hydrogens (tertiary/aromatic N) is 2. The molecule has 0 bridgehead atoms. The van der Waals surface area contributed by atoms with Crippen LogP contribution >= 0.6 is 11.3 Å². The number of hydrogen-bond donors (Lipinski definition) is 1. The predicted molar refractivity (Wildman–Crippen MR) is 138 cm³/mol. The highest BCUT2D eigenvalue weighted by molar-refractivity contribution is 7.14. The maximum atomic E-state index is 13.3. The standard InChI is InChI=1S/C27H28N2O6S/c1-4-6-14-35-20-12-9-18(16-21(20)34-5-2)23-22(24(30)17-7-10-19(33-3)11-8-17)25(31)26(32)29(23)27-28-13-15-36-27/h7-13,15-16,23,30H,4-6,14H2,1-3H3. The SMILES string of the molecule is CCCCOc1ccc(C2C(=C(O)c3ccc(OC)cc3)C(=O)C(=O)N2c2nccs2)cc1OCC. The third kappa shape index (κ3) is 4.92. The highest BCUT2D eigenvalue weighted by atomic mass is 32.1. The lowest BCUT2D eigenvalue weighted by Crippen LogP contribution is -2.29. The second-order valence-electron chi connectivity index (χ2n) is 8.05. The molecule has 2 heterocycles. The smallest absolute Gasteiger partial charge is 0.301 e. The number of carbonyl (C=O) groups excluding carboxylic acids is 2. The van der Waals surface area contributed by atoms with E-state index >= 15 is 0 Å². The van der Waals surface area contributed by atoms with Gasteiger partial charge in [-0.1, -0.05) is 19.4 Å². The van der Waals surface area contributed by atoms with Gasteiger partial charge in [-0.25, -0.2) is 4.98 Å². The molecule has 8 nitrogen and oxygen atoms in total. The van der Waals surface area contributed by atoms with Gasteiger partial charge in [-0.3, -0.25) is 14.5 Å². The van der Waals surface area contributed by atoms with Gasteiger partial charge in [0, 0.05) is 17.1 Å². The van der Waals surface area contributed by atoms with Crippen LogP contribution in [0.3, 0.4) is 0 Å². The number of unbranched alkanes of at least 4 members (excludes halogenated alkanes) is 1. The number of thiazole rings is 1. The van der Waals surface area contributed by atoms with E-state index in [-0.39, 0.29) is 11.3 Å². The molecule has 9 heteroatoms. The van der Waals surface area contributed by atoms with Gasteiger partial charge in [0.05, 0.1) is 31.9 Å². The Hall–Kier alpha value is -3.85. The summed E-state index contributed by atoms with van der Waals surface area (Å²) in [5.41, 5.74) is 0.954. The molecule has 3 aromatic rings. The molecule has 36 heavy (non-hydrogen) atoms. The summed E-state index contributed by atoms with van der Waals surface area (Å²) in [5.74, 6) is -0.140. The Labute approximate surface area is 213 Å². The number of benzene rings is 2. The zero-order valence-corrected chi connectivity index (χ0v) is 21.2. The first-order valence-corrected chi connectivity index (χ1v) is 12.6. The molecule has 2 aromatic carbocycles. The molecule has 1 aromatic heterocycles. The van der Waals surface area contributed by atoms with Gasteiger partial charge in [-0.2, -0.15) is 0 Å². The van der Waals surface area contributed by atoms with E-state index in [2.05, 4.69) is 11.9 Å². The summed E-state index contributed by atoms with van der Waals surface area (Å²) in [6, 6.07) is 11.0. The molecule has 0 radical (unpaired) electrons. The number of ether oxygens (including phenoxy) is 3. The first kappa shape index (κ1) is 25.2. The Morgan fingerprint density at radius 3 is 2.50 bits per heavy atom. The average molecular weight is 509 g/mol. The number of methoxy groups -OCH3 is 1. The number of amides is 1. The summed E-state index contributed by atoms with van der Waals surface area (Å²) >= 11 is 1.24. The van der Waals surface area contributed by atoms with Crippen LogP contribution in [-0.2, 0) is 9.59 Å². The number of ketones is 1. The third-order valence-electron chi connectivity index (χ3n) is 5.77. The van der Waals surface area contributed by atoms with Crippen molar-refractivity contribution >= 4 is 33.9 Å². The van der Waals surface area contributed by atoms with Crippen molar-refractivity contribution in [1.29, 1.82) is 0 Å². The van der Waals surface area contributed by atoms with Gasteiger partial charge in [0.15, 0.2) is 16.6 Å². The van der Waals surface area contributed by atoms with Crippen LogP contribution in [-0.4, -0.2) is 42.1 Å². The largest absolute Gasteiger partial charge is 0.507 e. The Balaban J connectivity index is 1.85. The van der Waals surface area contributed by atoms with Crippen molar-refractivity contribution in [3.05, 3.63) is 70.7 Å². The minimum Gasteiger partial charge on any atom is -0.507 e. The average Bonchev–Trinajstić information content (AvgIpc) is 3.51. The van der Waals surface area contributed by atoms with Gasteiger partial charge in [0.25, 0.3) is 5.78 Å². The molecule has 0 saturated carbocycles. The minimum atomic E-state index is -0.901. The summed E-state index contributed by atoms with van der Waals surface area (Å²) < 4.78 is 16.9. The van der Waals surface area contributed by atoms with Crippen molar-refractivity contribution in [2.75, 3.05) is 25.2 Å². The Morgan fingerprint density at radius 1 is 1.08 bits per heavy atom. The number of hydrogen-bond acceptors (Lipinski definition) is 8. The van der Waals surface area contributed by atoms with Crippen molar-refractivity contribution in [3.8, 4) is 17.2 Å². The van der Waals surface area contributed by atoms with Gasteiger partial charge in [-0.15, -0.1) is 11.3 Å². The van der Waals surface area contributed by atoms with Gasteiger partial charge >= 0.3 is 5.91 Å². The monoisotopic (exact) mass is 508 g/mol. The first-order valence-electron chi connectivity index (χ1n) is 11.7. The Morgan fingerprint density at radius 2 is 1.86 bits per heavy atom. The molecule has 1 aliphatic heterocycles. The first-order chi connectivity index (χ1) is 17.5. The fourth-order valence-electron chi connectivity index (χ4n) is 3.99. The summed E-state index contributed by atoms with van der Waals surface area (Å²) in [7, 11) is 1.54. The van der Waals surface area contributed by atoms with Crippen LogP contribution < -0.4 is 19.1 Å². The van der Waals surface area contributed by atoms with Crippen LogP contribution in [0.5, 0.6) is 17.2 Å². The number of aliphatic hydroxyl groups excluding tert-OH is 1. The number of aromatic nitrogens is 1. The molecule has 1 N–H and O–H groups in total. The fraction of sp³-hybridized carbons (Fsp3) is 0.296. The van der Waals surface area contributed by atoms with Crippen LogP contribution in [0.1, 0.15) is 43.9 Å². The molecular formula is C27H28N2O6S. The normalized spacial score (nSPS) is 16.9. The van der Waals surface area contributed by atoms with Crippen LogP contribution in [0.2, 0.25) is 0 Å². The highest BCUT2D eigenvalue weighted by Crippen LogP contribution is 2.44. The van der Waals surface area contributed by atoms with Crippen LogP contribution in [0, 0.1) is 0 Å². The van der Waals surface area contributed by atoms with E-state index in [1.165, 1.54) is 16.2 Å². The number of Topliss-reactive ketones (excluding diaryl/α,β-unsaturated/α-hetero) is 1. The van der Waals surface area contributed by atoms with E-state index < -0.39 is 17.7 Å². The van der Waals surface area contributed by atoms with Crippen molar-refractivity contribution in [1.82, 2.24) is 4.98 Å².